The van der Waals surface area contributed by atoms with Gasteiger partial charge in [-0.1, -0.05) is 161 Å². The van der Waals surface area contributed by atoms with Gasteiger partial charge < -0.3 is 4.90 Å². The van der Waals surface area contributed by atoms with Crippen molar-refractivity contribution in [2.45, 2.75) is 38.5 Å². The van der Waals surface area contributed by atoms with Crippen molar-refractivity contribution in [2.75, 3.05) is 4.90 Å². The van der Waals surface area contributed by atoms with Gasteiger partial charge in [0, 0.05) is 27.6 Å². The highest BCUT2D eigenvalue weighted by atomic mass is 15.1. The maximum Gasteiger partial charge on any atom is 0.0540 e. The molecule has 0 fully saturated rings. The van der Waals surface area contributed by atoms with Gasteiger partial charge in [0.15, 0.2) is 0 Å². The second-order valence-corrected chi connectivity index (χ2v) is 15.8. The summed E-state index contributed by atoms with van der Waals surface area (Å²) in [5.41, 5.74) is 19.2. The van der Waals surface area contributed by atoms with Gasteiger partial charge in [-0.15, -0.1) is 0 Å². The van der Waals surface area contributed by atoms with Crippen LogP contribution in [0.15, 0.2) is 176 Å². The number of rotatable bonds is 5. The molecule has 1 heteroatoms. The van der Waals surface area contributed by atoms with Crippen LogP contribution in [0.2, 0.25) is 0 Å². The summed E-state index contributed by atoms with van der Waals surface area (Å²) in [6, 6.07) is 65.3. The normalized spacial score (nSPS) is 14.3. The summed E-state index contributed by atoms with van der Waals surface area (Å²) in [4.78, 5) is 2.44. The largest absolute Gasteiger partial charge is 0.310 e. The van der Waals surface area contributed by atoms with Crippen LogP contribution in [0, 0.1) is 0 Å². The van der Waals surface area contributed by atoms with Crippen LogP contribution in [0.25, 0.3) is 55.3 Å². The van der Waals surface area contributed by atoms with E-state index in [1.54, 1.807) is 0 Å². The number of hydrogen-bond donors (Lipinski definition) is 0. The van der Waals surface area contributed by atoms with E-state index in [1.807, 2.05) is 0 Å². The molecule has 0 saturated heterocycles. The lowest BCUT2D eigenvalue weighted by atomic mass is 9.81. The van der Waals surface area contributed by atoms with Crippen LogP contribution in [-0.4, -0.2) is 0 Å². The van der Waals surface area contributed by atoms with Gasteiger partial charge in [0.2, 0.25) is 0 Å². The molecule has 0 unspecified atom stereocenters. The van der Waals surface area contributed by atoms with Gasteiger partial charge in [0.05, 0.1) is 5.69 Å². The molecule has 1 nitrogen and oxygen atoms in total. The molecule has 8 aromatic carbocycles. The van der Waals surface area contributed by atoms with Crippen LogP contribution < -0.4 is 4.90 Å². The SMILES string of the molecule is CC1(C)c2ccccc2-c2ccc(-c3cccc(N(c4cccc(-c5ccc6c(c5)C(C)(C)c5ccccc5-6)c4)c4cccc5ccccc45)c3)cc21. The summed E-state index contributed by atoms with van der Waals surface area (Å²) in [7, 11) is 0. The third kappa shape index (κ3) is 4.84. The minimum Gasteiger partial charge on any atom is -0.310 e. The fourth-order valence-corrected chi connectivity index (χ4v) is 9.25. The predicted octanol–water partition coefficient (Wildman–Crippen LogP) is 14.3. The molecule has 0 amide bonds. The minimum atomic E-state index is -0.0511. The molecule has 0 saturated carbocycles. The molecule has 0 aliphatic heterocycles. The van der Waals surface area contributed by atoms with Crippen LogP contribution >= 0.6 is 0 Å². The Kier molecular flexibility index (Phi) is 6.94. The van der Waals surface area contributed by atoms with Crippen molar-refractivity contribution in [2.24, 2.45) is 0 Å². The Morgan fingerprint density at radius 1 is 0.340 bits per heavy atom. The molecule has 0 spiro atoms. The zero-order chi connectivity index (χ0) is 35.9. The Balaban J connectivity index is 1.10. The van der Waals surface area contributed by atoms with Crippen molar-refractivity contribution in [3.05, 3.63) is 198 Å². The van der Waals surface area contributed by atoms with Crippen molar-refractivity contribution >= 4 is 27.8 Å². The number of anilines is 3. The van der Waals surface area contributed by atoms with Crippen LogP contribution in [0.4, 0.5) is 17.1 Å². The van der Waals surface area contributed by atoms with E-state index in [-0.39, 0.29) is 10.8 Å². The molecule has 0 aromatic heterocycles. The van der Waals surface area contributed by atoms with Crippen molar-refractivity contribution < 1.29 is 0 Å². The van der Waals surface area contributed by atoms with Gasteiger partial charge in [-0.2, -0.15) is 0 Å². The topological polar surface area (TPSA) is 3.24 Å². The van der Waals surface area contributed by atoms with Gasteiger partial charge in [0.25, 0.3) is 0 Å². The van der Waals surface area contributed by atoms with Crippen LogP contribution in [-0.2, 0) is 10.8 Å². The van der Waals surface area contributed by atoms with Crippen molar-refractivity contribution in [1.29, 1.82) is 0 Å². The summed E-state index contributed by atoms with van der Waals surface area (Å²) in [5.74, 6) is 0. The van der Waals surface area contributed by atoms with Crippen LogP contribution in [0.1, 0.15) is 49.9 Å². The second kappa shape index (κ2) is 11.7. The smallest absolute Gasteiger partial charge is 0.0540 e. The lowest BCUT2D eigenvalue weighted by molar-refractivity contribution is 0.660. The summed E-state index contributed by atoms with van der Waals surface area (Å²) < 4.78 is 0. The molecule has 0 bridgehead atoms. The lowest BCUT2D eigenvalue weighted by Crippen LogP contribution is -2.15. The zero-order valence-electron chi connectivity index (χ0n) is 30.7. The highest BCUT2D eigenvalue weighted by Crippen LogP contribution is 2.51. The maximum absolute atomic E-state index is 2.44. The monoisotopic (exact) mass is 679 g/mol. The Hall–Kier alpha value is -6.18. The zero-order valence-corrected chi connectivity index (χ0v) is 30.7. The summed E-state index contributed by atoms with van der Waals surface area (Å²) in [6.45, 7) is 9.42. The number of nitrogens with zero attached hydrogens (tertiary/aromatic N) is 1. The van der Waals surface area contributed by atoms with Crippen molar-refractivity contribution in [1.82, 2.24) is 0 Å². The number of fused-ring (bicyclic) bond motifs is 7. The first-order valence-electron chi connectivity index (χ1n) is 18.8. The van der Waals surface area contributed by atoms with E-state index in [1.165, 1.54) is 77.5 Å². The van der Waals surface area contributed by atoms with E-state index in [4.69, 9.17) is 0 Å². The van der Waals surface area contributed by atoms with E-state index < -0.39 is 0 Å². The average molecular weight is 680 g/mol. The van der Waals surface area contributed by atoms with Crippen LogP contribution in [0.3, 0.4) is 0 Å². The minimum absolute atomic E-state index is 0.0511. The molecule has 53 heavy (non-hydrogen) atoms. The summed E-state index contributed by atoms with van der Waals surface area (Å²) in [6.07, 6.45) is 0. The molecule has 2 aliphatic rings. The summed E-state index contributed by atoms with van der Waals surface area (Å²) in [5, 5.41) is 2.45. The first kappa shape index (κ1) is 31.5. The molecular weight excluding hydrogens is 639 g/mol. The van der Waals surface area contributed by atoms with Gasteiger partial charge in [-0.3, -0.25) is 0 Å². The number of hydrogen-bond acceptors (Lipinski definition) is 1. The fourth-order valence-electron chi connectivity index (χ4n) is 9.25. The Labute approximate surface area is 312 Å². The molecule has 0 atom stereocenters. The van der Waals surface area contributed by atoms with E-state index in [9.17, 15) is 0 Å². The second-order valence-electron chi connectivity index (χ2n) is 15.8. The van der Waals surface area contributed by atoms with Crippen molar-refractivity contribution in [3.63, 3.8) is 0 Å². The lowest BCUT2D eigenvalue weighted by Gasteiger charge is -2.28. The van der Waals surface area contributed by atoms with E-state index >= 15 is 0 Å². The third-order valence-electron chi connectivity index (χ3n) is 12.0. The van der Waals surface area contributed by atoms with E-state index in [0.717, 1.165) is 17.1 Å². The van der Waals surface area contributed by atoms with E-state index in [2.05, 4.69) is 209 Å². The highest BCUT2D eigenvalue weighted by molar-refractivity contribution is 5.99. The van der Waals surface area contributed by atoms with Crippen LogP contribution in [0.5, 0.6) is 0 Å². The van der Waals surface area contributed by atoms with Gasteiger partial charge in [-0.05, 0) is 115 Å². The molecule has 10 rings (SSSR count). The molecule has 2 aliphatic carbocycles. The average Bonchev–Trinajstić information content (AvgIpc) is 3.57. The molecule has 8 aromatic rings. The third-order valence-corrected chi connectivity index (χ3v) is 12.0. The molecule has 0 heterocycles. The highest BCUT2D eigenvalue weighted by Gasteiger charge is 2.36. The maximum atomic E-state index is 2.44. The molecular formula is C52H41N. The quantitative estimate of drug-likeness (QED) is 0.175. The van der Waals surface area contributed by atoms with Gasteiger partial charge >= 0.3 is 0 Å². The fraction of sp³-hybridized carbons (Fsp3) is 0.115. The summed E-state index contributed by atoms with van der Waals surface area (Å²) >= 11 is 0. The predicted molar refractivity (Wildman–Crippen MR) is 225 cm³/mol. The Morgan fingerprint density at radius 2 is 0.774 bits per heavy atom. The number of benzene rings is 8. The first-order chi connectivity index (χ1) is 25.8. The van der Waals surface area contributed by atoms with Crippen molar-refractivity contribution in [3.8, 4) is 44.5 Å². The van der Waals surface area contributed by atoms with Gasteiger partial charge in [0.1, 0.15) is 0 Å². The standard InChI is InChI=1S/C52H41N/c1-51(2)46-23-9-7-21-42(46)44-28-26-37(32-48(44)51)35-16-11-18-39(30-35)53(50-25-13-15-34-14-5-6-20-41(34)50)40-19-12-17-36(31-40)38-27-29-45-43-22-8-10-24-47(43)52(3,4)49(45)33-38/h5-33H,1-4H3. The Bertz CT molecular complexity index is 2590. The van der Waals surface area contributed by atoms with E-state index in [0.29, 0.717) is 0 Å². The molecule has 254 valence electrons. The van der Waals surface area contributed by atoms with Gasteiger partial charge in [-0.25, -0.2) is 0 Å². The Morgan fingerprint density at radius 3 is 1.34 bits per heavy atom. The first-order valence-corrected chi connectivity index (χ1v) is 18.8. The molecule has 0 N–H and O–H groups in total. The molecule has 0 radical (unpaired) electrons.